The molecular formula is C13H16Cl3NO2. The van der Waals surface area contributed by atoms with E-state index < -0.39 is 5.97 Å². The lowest BCUT2D eigenvalue weighted by Gasteiger charge is -2.30. The third-order valence-corrected chi connectivity index (χ3v) is 3.70. The van der Waals surface area contributed by atoms with Gasteiger partial charge in [-0.1, -0.05) is 23.2 Å². The molecule has 2 unspecified atom stereocenters. The first-order valence-corrected chi connectivity index (χ1v) is 6.71. The minimum atomic E-state index is -0.732. The van der Waals surface area contributed by atoms with Crippen LogP contribution in [-0.2, 0) is 4.79 Å². The second kappa shape index (κ2) is 7.34. The summed E-state index contributed by atoms with van der Waals surface area (Å²) in [7, 11) is 0. The van der Waals surface area contributed by atoms with Crippen molar-refractivity contribution in [1.82, 2.24) is 5.32 Å². The maximum absolute atomic E-state index is 10.8. The average Bonchev–Trinajstić information content (AvgIpc) is 2.27. The first kappa shape index (κ1) is 16.6. The number of piperidine rings is 1. The Hall–Kier alpha value is -0.480. The van der Waals surface area contributed by atoms with Crippen LogP contribution in [0.4, 0.5) is 0 Å². The van der Waals surface area contributed by atoms with Gasteiger partial charge in [0.2, 0.25) is 0 Å². The van der Waals surface area contributed by atoms with Gasteiger partial charge in [0.25, 0.3) is 0 Å². The number of carboxylic acid groups (broad SMARTS) is 1. The van der Waals surface area contributed by atoms with Crippen molar-refractivity contribution in [1.29, 1.82) is 0 Å². The number of carboxylic acids is 1. The standard InChI is InChI=1S/C13H15Cl2NO2.ClH/c14-10-5-9(6-11(15)7-10)12-3-8(1-2-16-12)4-13(17)18;/h5-8,12,16H,1-4H2,(H,17,18);1H. The van der Waals surface area contributed by atoms with Gasteiger partial charge >= 0.3 is 5.97 Å². The van der Waals surface area contributed by atoms with E-state index in [9.17, 15) is 4.79 Å². The largest absolute Gasteiger partial charge is 0.481 e. The molecule has 1 aliphatic rings. The molecule has 0 aromatic heterocycles. The molecule has 0 bridgehead atoms. The molecule has 2 rings (SSSR count). The predicted octanol–water partition coefficient (Wildman–Crippen LogP) is 3.93. The molecule has 0 spiro atoms. The van der Waals surface area contributed by atoms with E-state index in [2.05, 4.69) is 5.32 Å². The maximum Gasteiger partial charge on any atom is 0.303 e. The Kier molecular flexibility index (Phi) is 6.40. The zero-order chi connectivity index (χ0) is 13.1. The Balaban J connectivity index is 0.00000180. The summed E-state index contributed by atoms with van der Waals surface area (Å²) in [6, 6.07) is 5.60. The monoisotopic (exact) mass is 323 g/mol. The number of hydrogen-bond donors (Lipinski definition) is 2. The summed E-state index contributed by atoms with van der Waals surface area (Å²) in [5.74, 6) is -0.517. The van der Waals surface area contributed by atoms with Crippen molar-refractivity contribution in [3.05, 3.63) is 33.8 Å². The molecule has 6 heteroatoms. The summed E-state index contributed by atoms with van der Waals surface area (Å²) in [5.41, 5.74) is 1.03. The van der Waals surface area contributed by atoms with Gasteiger partial charge in [0, 0.05) is 22.5 Å². The smallest absolute Gasteiger partial charge is 0.303 e. The molecule has 2 atom stereocenters. The third-order valence-electron chi connectivity index (χ3n) is 3.26. The molecule has 0 aliphatic carbocycles. The van der Waals surface area contributed by atoms with E-state index in [1.165, 1.54) is 0 Å². The molecule has 0 amide bonds. The van der Waals surface area contributed by atoms with Crippen molar-refractivity contribution in [3.8, 4) is 0 Å². The van der Waals surface area contributed by atoms with Gasteiger partial charge in [-0.2, -0.15) is 0 Å². The number of hydrogen-bond acceptors (Lipinski definition) is 2. The summed E-state index contributed by atoms with van der Waals surface area (Å²) < 4.78 is 0. The van der Waals surface area contributed by atoms with Crippen molar-refractivity contribution in [2.75, 3.05) is 6.54 Å². The molecule has 0 saturated carbocycles. The Morgan fingerprint density at radius 2 is 1.95 bits per heavy atom. The fourth-order valence-electron chi connectivity index (χ4n) is 2.46. The van der Waals surface area contributed by atoms with E-state index in [0.717, 1.165) is 24.9 Å². The second-order valence-corrected chi connectivity index (χ2v) is 5.57. The Morgan fingerprint density at radius 1 is 1.32 bits per heavy atom. The molecule has 1 aromatic carbocycles. The van der Waals surface area contributed by atoms with Crippen LogP contribution in [-0.4, -0.2) is 17.6 Å². The highest BCUT2D eigenvalue weighted by atomic mass is 35.5. The summed E-state index contributed by atoms with van der Waals surface area (Å²) in [5, 5.41) is 13.5. The maximum atomic E-state index is 10.8. The van der Waals surface area contributed by atoms with E-state index >= 15 is 0 Å². The zero-order valence-corrected chi connectivity index (χ0v) is 12.6. The number of rotatable bonds is 3. The minimum absolute atomic E-state index is 0. The van der Waals surface area contributed by atoms with E-state index in [0.29, 0.717) is 10.0 Å². The molecule has 0 radical (unpaired) electrons. The van der Waals surface area contributed by atoms with Crippen LogP contribution in [0.1, 0.15) is 30.9 Å². The van der Waals surface area contributed by atoms with E-state index in [1.54, 1.807) is 6.07 Å². The van der Waals surface area contributed by atoms with Crippen LogP contribution in [0.3, 0.4) is 0 Å². The van der Waals surface area contributed by atoms with Crippen LogP contribution in [0.15, 0.2) is 18.2 Å². The highest BCUT2D eigenvalue weighted by Gasteiger charge is 2.24. The molecule has 2 N–H and O–H groups in total. The Labute approximate surface area is 128 Å². The van der Waals surface area contributed by atoms with Crippen LogP contribution in [0, 0.1) is 5.92 Å². The SMILES string of the molecule is Cl.O=C(O)CC1CCNC(c2cc(Cl)cc(Cl)c2)C1. The molecule has 106 valence electrons. The van der Waals surface area contributed by atoms with Crippen molar-refractivity contribution in [2.45, 2.75) is 25.3 Å². The van der Waals surface area contributed by atoms with Crippen molar-refractivity contribution >= 4 is 41.6 Å². The van der Waals surface area contributed by atoms with Crippen LogP contribution in [0.25, 0.3) is 0 Å². The fourth-order valence-corrected chi connectivity index (χ4v) is 3.00. The number of nitrogens with one attached hydrogen (secondary N) is 1. The second-order valence-electron chi connectivity index (χ2n) is 4.70. The van der Waals surface area contributed by atoms with Gasteiger partial charge in [-0.05, 0) is 49.1 Å². The van der Waals surface area contributed by atoms with E-state index in [4.69, 9.17) is 28.3 Å². The molecule has 1 saturated heterocycles. The van der Waals surface area contributed by atoms with Gasteiger partial charge in [0.15, 0.2) is 0 Å². The van der Waals surface area contributed by atoms with Gasteiger partial charge in [0.1, 0.15) is 0 Å². The molecular weight excluding hydrogens is 309 g/mol. The first-order valence-electron chi connectivity index (χ1n) is 5.96. The van der Waals surface area contributed by atoms with Crippen LogP contribution in [0.5, 0.6) is 0 Å². The minimum Gasteiger partial charge on any atom is -0.481 e. The number of halogens is 3. The Bertz CT molecular complexity index is 433. The quantitative estimate of drug-likeness (QED) is 0.885. The molecule has 1 fully saturated rings. The van der Waals surface area contributed by atoms with Crippen LogP contribution in [0.2, 0.25) is 10.0 Å². The molecule has 1 aliphatic heterocycles. The summed E-state index contributed by atoms with van der Waals surface area (Å²) >= 11 is 12.0. The normalized spacial score (nSPS) is 22.6. The Morgan fingerprint density at radius 3 is 2.53 bits per heavy atom. The van der Waals surface area contributed by atoms with Gasteiger partial charge < -0.3 is 10.4 Å². The van der Waals surface area contributed by atoms with Crippen molar-refractivity contribution in [3.63, 3.8) is 0 Å². The molecule has 3 nitrogen and oxygen atoms in total. The topological polar surface area (TPSA) is 49.3 Å². The predicted molar refractivity (Wildman–Crippen MR) is 79.4 cm³/mol. The van der Waals surface area contributed by atoms with E-state index in [1.807, 2.05) is 12.1 Å². The summed E-state index contributed by atoms with van der Waals surface area (Å²) in [6.07, 6.45) is 1.94. The van der Waals surface area contributed by atoms with Gasteiger partial charge in [0.05, 0.1) is 0 Å². The lowest BCUT2D eigenvalue weighted by atomic mass is 9.87. The van der Waals surface area contributed by atoms with Gasteiger partial charge in [-0.3, -0.25) is 4.79 Å². The average molecular weight is 325 g/mol. The highest BCUT2D eigenvalue weighted by Crippen LogP contribution is 2.32. The van der Waals surface area contributed by atoms with Gasteiger partial charge in [-0.15, -0.1) is 12.4 Å². The summed E-state index contributed by atoms with van der Waals surface area (Å²) in [4.78, 5) is 10.8. The first-order chi connectivity index (χ1) is 8.54. The number of aliphatic carboxylic acids is 1. The number of benzene rings is 1. The van der Waals surface area contributed by atoms with Crippen LogP contribution < -0.4 is 5.32 Å². The number of carbonyl (C=O) groups is 1. The fraction of sp³-hybridized carbons (Fsp3) is 0.462. The van der Waals surface area contributed by atoms with Crippen LogP contribution >= 0.6 is 35.6 Å². The molecule has 1 aromatic rings. The highest BCUT2D eigenvalue weighted by molar-refractivity contribution is 6.34. The lowest BCUT2D eigenvalue weighted by molar-refractivity contribution is -0.138. The lowest BCUT2D eigenvalue weighted by Crippen LogP contribution is -2.32. The van der Waals surface area contributed by atoms with Gasteiger partial charge in [-0.25, -0.2) is 0 Å². The van der Waals surface area contributed by atoms with Crippen molar-refractivity contribution < 1.29 is 9.90 Å². The zero-order valence-electron chi connectivity index (χ0n) is 10.2. The summed E-state index contributed by atoms with van der Waals surface area (Å²) in [6.45, 7) is 0.826. The molecule has 1 heterocycles. The third kappa shape index (κ3) is 4.84. The van der Waals surface area contributed by atoms with E-state index in [-0.39, 0.29) is 30.8 Å². The van der Waals surface area contributed by atoms with Crippen molar-refractivity contribution in [2.24, 2.45) is 5.92 Å². The molecule has 19 heavy (non-hydrogen) atoms.